The van der Waals surface area contributed by atoms with E-state index in [1.165, 1.54) is 5.56 Å². The average Bonchev–Trinajstić information content (AvgIpc) is 3.21. The summed E-state index contributed by atoms with van der Waals surface area (Å²) in [5.41, 5.74) is 7.78. The lowest BCUT2D eigenvalue weighted by atomic mass is 10.1. The molecule has 0 spiro atoms. The first kappa shape index (κ1) is 22.9. The van der Waals surface area contributed by atoms with Crippen LogP contribution in [-0.2, 0) is 16.1 Å². The number of rotatable bonds is 8. The Morgan fingerprint density at radius 3 is 2.88 bits per heavy atom. The number of morpholine rings is 1. The number of nitrogens with one attached hydrogen (secondary N) is 1. The summed E-state index contributed by atoms with van der Waals surface area (Å²) < 4.78 is 17.7. The van der Waals surface area contributed by atoms with E-state index in [0.717, 1.165) is 19.5 Å². The molecule has 0 saturated carbocycles. The summed E-state index contributed by atoms with van der Waals surface area (Å²) >= 11 is 6.11. The van der Waals surface area contributed by atoms with Gasteiger partial charge in [-0.3, -0.25) is 9.69 Å². The molecule has 2 aromatic carbocycles. The summed E-state index contributed by atoms with van der Waals surface area (Å²) in [5.74, 6) is 0.168. The Labute approximate surface area is 193 Å². The fourth-order valence-electron chi connectivity index (χ4n) is 4.25. The van der Waals surface area contributed by atoms with Crippen molar-refractivity contribution >= 4 is 23.2 Å². The van der Waals surface area contributed by atoms with Gasteiger partial charge in [-0.1, -0.05) is 41.9 Å². The van der Waals surface area contributed by atoms with Gasteiger partial charge in [-0.2, -0.15) is 0 Å². The number of nitrogen functional groups attached to an aromatic ring is 1. The van der Waals surface area contributed by atoms with Gasteiger partial charge in [0, 0.05) is 31.7 Å². The van der Waals surface area contributed by atoms with Crippen molar-refractivity contribution in [2.24, 2.45) is 0 Å². The zero-order valence-corrected chi connectivity index (χ0v) is 19.0. The molecule has 0 aliphatic carbocycles. The molecule has 8 heteroatoms. The van der Waals surface area contributed by atoms with Crippen LogP contribution in [0.3, 0.4) is 0 Å². The van der Waals surface area contributed by atoms with E-state index < -0.39 is 0 Å². The monoisotopic (exact) mass is 459 g/mol. The van der Waals surface area contributed by atoms with Gasteiger partial charge < -0.3 is 25.3 Å². The maximum Gasteiger partial charge on any atom is 0.255 e. The number of amides is 1. The van der Waals surface area contributed by atoms with E-state index in [4.69, 9.17) is 31.5 Å². The molecule has 0 aromatic heterocycles. The maximum absolute atomic E-state index is 12.8. The van der Waals surface area contributed by atoms with E-state index in [2.05, 4.69) is 22.3 Å². The smallest absolute Gasteiger partial charge is 0.255 e. The molecule has 2 saturated heterocycles. The maximum atomic E-state index is 12.8. The topological polar surface area (TPSA) is 86.0 Å². The Hall–Kier alpha value is -2.32. The van der Waals surface area contributed by atoms with Crippen molar-refractivity contribution < 1.29 is 19.0 Å². The summed E-state index contributed by atoms with van der Waals surface area (Å²) in [7, 11) is 0. The third-order valence-electron chi connectivity index (χ3n) is 5.91. The minimum atomic E-state index is -0.258. The summed E-state index contributed by atoms with van der Waals surface area (Å²) in [6.45, 7) is 5.60. The van der Waals surface area contributed by atoms with Crippen molar-refractivity contribution in [1.82, 2.24) is 10.2 Å². The van der Waals surface area contributed by atoms with E-state index in [9.17, 15) is 4.79 Å². The number of nitrogens with two attached hydrogens (primary N) is 1. The molecule has 3 atom stereocenters. The predicted octanol–water partition coefficient (Wildman–Crippen LogP) is 3.11. The number of nitrogens with zero attached hydrogens (tertiary/aromatic N) is 1. The fraction of sp³-hybridized carbons (Fsp3) is 0.458. The highest BCUT2D eigenvalue weighted by molar-refractivity contribution is 6.33. The van der Waals surface area contributed by atoms with Gasteiger partial charge in [0.25, 0.3) is 5.91 Å². The minimum Gasteiger partial charge on any atom is -0.493 e. The fourth-order valence-corrected chi connectivity index (χ4v) is 4.42. The van der Waals surface area contributed by atoms with Gasteiger partial charge in [-0.25, -0.2) is 0 Å². The van der Waals surface area contributed by atoms with Crippen molar-refractivity contribution in [2.45, 2.75) is 38.2 Å². The number of ether oxygens (including phenoxy) is 3. The van der Waals surface area contributed by atoms with E-state index >= 15 is 0 Å². The van der Waals surface area contributed by atoms with Gasteiger partial charge in [0.1, 0.15) is 5.75 Å². The summed E-state index contributed by atoms with van der Waals surface area (Å²) in [5, 5.41) is 3.28. The normalized spacial score (nSPS) is 23.0. The first-order chi connectivity index (χ1) is 15.5. The lowest BCUT2D eigenvalue weighted by Gasteiger charge is -2.35. The molecule has 2 aliphatic rings. The first-order valence-electron chi connectivity index (χ1n) is 11.0. The molecule has 2 fully saturated rings. The molecule has 172 valence electrons. The highest BCUT2D eigenvalue weighted by atomic mass is 35.5. The van der Waals surface area contributed by atoms with Gasteiger partial charge >= 0.3 is 0 Å². The van der Waals surface area contributed by atoms with Gasteiger partial charge in [-0.05, 0) is 25.0 Å². The molecule has 7 nitrogen and oxygen atoms in total. The van der Waals surface area contributed by atoms with Crippen molar-refractivity contribution in [3.8, 4) is 5.75 Å². The largest absolute Gasteiger partial charge is 0.493 e. The molecule has 0 bridgehead atoms. The molecule has 4 rings (SSSR count). The van der Waals surface area contributed by atoms with Crippen LogP contribution in [0, 0.1) is 0 Å². The number of halogens is 1. The number of fused-ring (bicyclic) bond motifs is 1. The van der Waals surface area contributed by atoms with E-state index in [0.29, 0.717) is 54.4 Å². The molecule has 2 heterocycles. The second-order valence-electron chi connectivity index (χ2n) is 8.23. The van der Waals surface area contributed by atoms with Crippen molar-refractivity contribution in [1.29, 1.82) is 0 Å². The van der Waals surface area contributed by atoms with Crippen molar-refractivity contribution in [3.05, 3.63) is 58.6 Å². The van der Waals surface area contributed by atoms with Crippen LogP contribution in [0.4, 0.5) is 5.69 Å². The Morgan fingerprint density at radius 2 is 2.09 bits per heavy atom. The number of carbonyl (C=O) groups is 1. The SMILES string of the molecule is CCOc1cc(N)c(Cl)cc1C(=O)NC[C@@H]1CN2C[C@H](OCc3ccccc3)C[C@H]2CO1. The number of benzene rings is 2. The third kappa shape index (κ3) is 5.53. The highest BCUT2D eigenvalue weighted by Gasteiger charge is 2.38. The first-order valence-corrected chi connectivity index (χ1v) is 11.4. The second-order valence-corrected chi connectivity index (χ2v) is 8.64. The molecule has 32 heavy (non-hydrogen) atoms. The summed E-state index contributed by atoms with van der Waals surface area (Å²) in [4.78, 5) is 15.2. The zero-order chi connectivity index (χ0) is 22.5. The van der Waals surface area contributed by atoms with Crippen LogP contribution in [-0.4, -0.2) is 61.9 Å². The minimum absolute atomic E-state index is 0.0807. The van der Waals surface area contributed by atoms with Crippen molar-refractivity contribution in [2.75, 3.05) is 38.6 Å². The quantitative estimate of drug-likeness (QED) is 0.590. The lowest BCUT2D eigenvalue weighted by molar-refractivity contribution is -0.0466. The van der Waals surface area contributed by atoms with Crippen LogP contribution >= 0.6 is 11.6 Å². The molecular formula is C24H30ClN3O4. The number of carbonyl (C=O) groups excluding carboxylic acids is 1. The molecule has 2 aromatic rings. The standard InChI is InChI=1S/C24H30ClN3O4/c1-2-30-23-10-22(26)21(25)9-20(23)24(29)27-11-19-13-28-12-18(8-17(28)15-32-19)31-14-16-6-4-3-5-7-16/h3-7,9-10,17-19H,2,8,11-15,26H2,1H3,(H,27,29)/t17-,18+,19+/m0/s1. The van der Waals surface area contributed by atoms with Crippen LogP contribution in [0.2, 0.25) is 5.02 Å². The van der Waals surface area contributed by atoms with Crippen molar-refractivity contribution in [3.63, 3.8) is 0 Å². The summed E-state index contributed by atoms with van der Waals surface area (Å²) in [6, 6.07) is 13.7. The van der Waals surface area contributed by atoms with Crippen LogP contribution < -0.4 is 15.8 Å². The Bertz CT molecular complexity index is 927. The lowest BCUT2D eigenvalue weighted by Crippen LogP contribution is -2.50. The molecule has 2 aliphatic heterocycles. The van der Waals surface area contributed by atoms with E-state index in [1.54, 1.807) is 12.1 Å². The third-order valence-corrected chi connectivity index (χ3v) is 6.24. The van der Waals surface area contributed by atoms with Crippen LogP contribution in [0.15, 0.2) is 42.5 Å². The van der Waals surface area contributed by atoms with E-state index in [1.807, 2.05) is 25.1 Å². The van der Waals surface area contributed by atoms with Crippen LogP contribution in [0.1, 0.15) is 29.3 Å². The molecule has 0 radical (unpaired) electrons. The number of hydrogen-bond donors (Lipinski definition) is 2. The van der Waals surface area contributed by atoms with Gasteiger partial charge in [-0.15, -0.1) is 0 Å². The van der Waals surface area contributed by atoms with Crippen LogP contribution in [0.5, 0.6) is 5.75 Å². The second kappa shape index (κ2) is 10.5. The average molecular weight is 460 g/mol. The Morgan fingerprint density at radius 1 is 1.28 bits per heavy atom. The Kier molecular flexibility index (Phi) is 7.52. The van der Waals surface area contributed by atoms with Gasteiger partial charge in [0.05, 0.1) is 48.3 Å². The number of hydrogen-bond acceptors (Lipinski definition) is 6. The van der Waals surface area contributed by atoms with Gasteiger partial charge in [0.15, 0.2) is 0 Å². The summed E-state index contributed by atoms with van der Waals surface area (Å²) in [6.07, 6.45) is 1.08. The zero-order valence-electron chi connectivity index (χ0n) is 18.3. The molecule has 0 unspecified atom stereocenters. The molecular weight excluding hydrogens is 430 g/mol. The highest BCUT2D eigenvalue weighted by Crippen LogP contribution is 2.29. The van der Waals surface area contributed by atoms with E-state index in [-0.39, 0.29) is 18.1 Å². The predicted molar refractivity (Wildman–Crippen MR) is 124 cm³/mol. The Balaban J connectivity index is 1.27. The molecule has 1 amide bonds. The molecule has 3 N–H and O–H groups in total. The number of anilines is 1. The van der Waals surface area contributed by atoms with Gasteiger partial charge in [0.2, 0.25) is 0 Å². The van der Waals surface area contributed by atoms with Crippen LogP contribution in [0.25, 0.3) is 0 Å².